The number of thiophene rings is 1. The lowest BCUT2D eigenvalue weighted by Gasteiger charge is -2.11. The molecule has 3 aromatic rings. The van der Waals surface area contributed by atoms with Gasteiger partial charge in [0.25, 0.3) is 0 Å². The third-order valence-electron chi connectivity index (χ3n) is 3.83. The number of fused-ring (bicyclic) bond motifs is 1. The summed E-state index contributed by atoms with van der Waals surface area (Å²) in [5.74, 6) is 1.28. The maximum atomic E-state index is 12.2. The first-order valence-corrected chi connectivity index (χ1v) is 9.01. The minimum absolute atomic E-state index is 0.295. The van der Waals surface area contributed by atoms with Crippen molar-refractivity contribution < 1.29 is 19.0 Å². The number of aryl methyl sites for hydroxylation is 2. The van der Waals surface area contributed by atoms with Crippen LogP contribution in [0.1, 0.15) is 33.5 Å². The smallest absolute Gasteiger partial charge is 0.348 e. The van der Waals surface area contributed by atoms with Crippen LogP contribution >= 0.6 is 11.3 Å². The van der Waals surface area contributed by atoms with E-state index in [4.69, 9.17) is 19.5 Å². The molecule has 0 aliphatic heterocycles. The molecule has 0 unspecified atom stereocenters. The fraction of sp³-hybridized carbons (Fsp3) is 0.263. The molecule has 0 fully saturated rings. The van der Waals surface area contributed by atoms with Gasteiger partial charge in [-0.05, 0) is 38.5 Å². The molecular formula is C19H17N3O4S. The summed E-state index contributed by atoms with van der Waals surface area (Å²) in [7, 11) is 1.50. The number of methoxy groups -OCH3 is 1. The van der Waals surface area contributed by atoms with Gasteiger partial charge in [-0.25, -0.2) is 9.78 Å². The Hall–Kier alpha value is -3.18. The summed E-state index contributed by atoms with van der Waals surface area (Å²) in [6.07, 6.45) is 0. The molecule has 0 saturated heterocycles. The van der Waals surface area contributed by atoms with Crippen LogP contribution in [0.15, 0.2) is 18.2 Å². The Morgan fingerprint density at radius 1 is 1.26 bits per heavy atom. The first-order chi connectivity index (χ1) is 13.0. The molecular weight excluding hydrogens is 366 g/mol. The van der Waals surface area contributed by atoms with Gasteiger partial charge in [-0.15, -0.1) is 11.3 Å². The summed E-state index contributed by atoms with van der Waals surface area (Å²) in [5, 5.41) is 9.69. The van der Waals surface area contributed by atoms with E-state index in [0.29, 0.717) is 56.0 Å². The molecule has 0 N–H and O–H groups in total. The largest absolute Gasteiger partial charge is 0.493 e. The fourth-order valence-electron chi connectivity index (χ4n) is 2.59. The minimum Gasteiger partial charge on any atom is -0.493 e. The van der Waals surface area contributed by atoms with Crippen molar-refractivity contribution in [2.24, 2.45) is 0 Å². The van der Waals surface area contributed by atoms with Gasteiger partial charge in [-0.2, -0.15) is 10.2 Å². The molecule has 0 spiro atoms. The molecule has 7 nitrogen and oxygen atoms in total. The number of aromatic nitrogens is 2. The van der Waals surface area contributed by atoms with Crippen molar-refractivity contribution in [1.82, 2.24) is 9.97 Å². The maximum Gasteiger partial charge on any atom is 0.348 e. The number of ether oxygens (including phenoxy) is 3. The summed E-state index contributed by atoms with van der Waals surface area (Å²) in [6.45, 7) is 5.62. The summed E-state index contributed by atoms with van der Waals surface area (Å²) in [4.78, 5) is 22.1. The average Bonchev–Trinajstić information content (AvgIpc) is 2.98. The van der Waals surface area contributed by atoms with Gasteiger partial charge in [-0.1, -0.05) is 0 Å². The summed E-state index contributed by atoms with van der Waals surface area (Å²) < 4.78 is 16.4. The monoisotopic (exact) mass is 383 g/mol. The van der Waals surface area contributed by atoms with Crippen molar-refractivity contribution in [3.63, 3.8) is 0 Å². The van der Waals surface area contributed by atoms with E-state index in [1.54, 1.807) is 32.0 Å². The molecule has 27 heavy (non-hydrogen) atoms. The number of carbonyl (C=O) groups is 1. The van der Waals surface area contributed by atoms with Crippen molar-refractivity contribution in [1.29, 1.82) is 5.26 Å². The summed E-state index contributed by atoms with van der Waals surface area (Å²) in [5.41, 5.74) is 1.16. The Morgan fingerprint density at radius 3 is 2.70 bits per heavy atom. The Morgan fingerprint density at radius 2 is 2.04 bits per heavy atom. The standard InChI is InChI=1S/C19H17N3O4S/c1-5-25-19(23)16-10(2)15-17(21-11(3)22-18(15)27-16)26-13-7-6-12(9-20)8-14(13)24-4/h6-8H,5H2,1-4H3. The van der Waals surface area contributed by atoms with Crippen LogP contribution in [0.5, 0.6) is 17.4 Å². The highest BCUT2D eigenvalue weighted by Gasteiger charge is 2.22. The van der Waals surface area contributed by atoms with Crippen molar-refractivity contribution >= 4 is 27.5 Å². The van der Waals surface area contributed by atoms with Crippen molar-refractivity contribution in [3.8, 4) is 23.4 Å². The van der Waals surface area contributed by atoms with E-state index in [9.17, 15) is 4.79 Å². The van der Waals surface area contributed by atoms with Crippen LogP contribution in [0.25, 0.3) is 10.2 Å². The highest BCUT2D eigenvalue weighted by molar-refractivity contribution is 7.20. The first kappa shape index (κ1) is 18.6. The SMILES string of the molecule is CCOC(=O)c1sc2nc(C)nc(Oc3ccc(C#N)cc3OC)c2c1C. The van der Waals surface area contributed by atoms with Gasteiger partial charge >= 0.3 is 5.97 Å². The zero-order chi connectivity index (χ0) is 19.6. The number of hydrogen-bond donors (Lipinski definition) is 0. The predicted octanol–water partition coefficient (Wildman–Crippen LogP) is 4.16. The number of esters is 1. The Kier molecular flexibility index (Phi) is 5.23. The van der Waals surface area contributed by atoms with E-state index in [1.165, 1.54) is 18.4 Å². The van der Waals surface area contributed by atoms with Crippen molar-refractivity contribution in [2.45, 2.75) is 20.8 Å². The zero-order valence-electron chi connectivity index (χ0n) is 15.3. The quantitative estimate of drug-likeness (QED) is 0.611. The number of carbonyl (C=O) groups excluding carboxylic acids is 1. The number of nitrogens with zero attached hydrogens (tertiary/aromatic N) is 3. The van der Waals surface area contributed by atoms with Crippen molar-refractivity contribution in [2.75, 3.05) is 13.7 Å². The van der Waals surface area contributed by atoms with Crippen LogP contribution in [0.3, 0.4) is 0 Å². The second kappa shape index (κ2) is 7.60. The molecule has 1 aromatic carbocycles. The van der Waals surface area contributed by atoms with Gasteiger partial charge in [0.15, 0.2) is 11.5 Å². The van der Waals surface area contributed by atoms with E-state index < -0.39 is 5.97 Å². The topological polar surface area (TPSA) is 94.3 Å². The molecule has 0 radical (unpaired) electrons. The third-order valence-corrected chi connectivity index (χ3v) is 4.99. The van der Waals surface area contributed by atoms with E-state index in [-0.39, 0.29) is 0 Å². The highest BCUT2D eigenvalue weighted by atomic mass is 32.1. The molecule has 0 amide bonds. The van der Waals surface area contributed by atoms with Crippen LogP contribution in [-0.2, 0) is 4.74 Å². The average molecular weight is 383 g/mol. The molecule has 8 heteroatoms. The fourth-order valence-corrected chi connectivity index (χ4v) is 3.71. The number of hydrogen-bond acceptors (Lipinski definition) is 8. The number of benzene rings is 1. The minimum atomic E-state index is -0.391. The van der Waals surface area contributed by atoms with Crippen LogP contribution < -0.4 is 9.47 Å². The molecule has 0 saturated carbocycles. The number of rotatable bonds is 5. The molecule has 0 atom stereocenters. The van der Waals surface area contributed by atoms with Gasteiger partial charge in [0.05, 0.1) is 30.7 Å². The van der Waals surface area contributed by atoms with Gasteiger partial charge in [0, 0.05) is 6.07 Å². The second-order valence-electron chi connectivity index (χ2n) is 5.61. The van der Waals surface area contributed by atoms with E-state index in [2.05, 4.69) is 16.0 Å². The van der Waals surface area contributed by atoms with E-state index >= 15 is 0 Å². The lowest BCUT2D eigenvalue weighted by molar-refractivity contribution is 0.0531. The lowest BCUT2D eigenvalue weighted by Crippen LogP contribution is -2.03. The summed E-state index contributed by atoms with van der Waals surface area (Å²) in [6, 6.07) is 6.93. The molecule has 0 aliphatic carbocycles. The van der Waals surface area contributed by atoms with Crippen LogP contribution in [0, 0.1) is 25.2 Å². The predicted molar refractivity (Wildman–Crippen MR) is 101 cm³/mol. The Balaban J connectivity index is 2.12. The molecule has 0 aliphatic rings. The van der Waals surface area contributed by atoms with Crippen LogP contribution in [-0.4, -0.2) is 29.7 Å². The van der Waals surface area contributed by atoms with E-state index in [1.807, 2.05) is 6.92 Å². The van der Waals surface area contributed by atoms with E-state index in [0.717, 1.165) is 0 Å². The van der Waals surface area contributed by atoms with Gasteiger partial charge in [0.2, 0.25) is 5.88 Å². The molecule has 3 rings (SSSR count). The Labute approximate surface area is 160 Å². The van der Waals surface area contributed by atoms with Crippen LogP contribution in [0.2, 0.25) is 0 Å². The van der Waals surface area contributed by atoms with Gasteiger partial charge in [0.1, 0.15) is 15.5 Å². The van der Waals surface area contributed by atoms with Gasteiger partial charge < -0.3 is 14.2 Å². The van der Waals surface area contributed by atoms with Crippen LogP contribution in [0.4, 0.5) is 0 Å². The first-order valence-electron chi connectivity index (χ1n) is 8.19. The molecule has 0 bridgehead atoms. The van der Waals surface area contributed by atoms with Gasteiger partial charge in [-0.3, -0.25) is 0 Å². The zero-order valence-corrected chi connectivity index (χ0v) is 16.1. The molecule has 138 valence electrons. The number of nitriles is 1. The normalized spacial score (nSPS) is 10.5. The third kappa shape index (κ3) is 3.55. The second-order valence-corrected chi connectivity index (χ2v) is 6.61. The molecule has 2 heterocycles. The lowest BCUT2D eigenvalue weighted by atomic mass is 10.2. The summed E-state index contributed by atoms with van der Waals surface area (Å²) >= 11 is 1.25. The highest BCUT2D eigenvalue weighted by Crippen LogP contribution is 2.39. The molecule has 2 aromatic heterocycles. The van der Waals surface area contributed by atoms with Crippen molar-refractivity contribution in [3.05, 3.63) is 40.0 Å². The maximum absolute atomic E-state index is 12.2. The Bertz CT molecular complexity index is 1070.